The summed E-state index contributed by atoms with van der Waals surface area (Å²) in [7, 11) is 0. The van der Waals surface area contributed by atoms with Gasteiger partial charge in [-0.25, -0.2) is 0 Å². The zero-order valence-electron chi connectivity index (χ0n) is 56.5. The maximum absolute atomic E-state index is 2.62. The molecule has 2 aliphatic carbocycles. The van der Waals surface area contributed by atoms with Crippen LogP contribution in [0.1, 0.15) is 117 Å². The Morgan fingerprint density at radius 2 is 0.684 bits per heavy atom. The number of rotatable bonds is 7. The van der Waals surface area contributed by atoms with Crippen LogP contribution in [0.2, 0.25) is 0 Å². The van der Waals surface area contributed by atoms with E-state index in [-0.39, 0.29) is 33.8 Å². The lowest BCUT2D eigenvalue weighted by molar-refractivity contribution is 0.402. The molecule has 0 saturated heterocycles. The van der Waals surface area contributed by atoms with Crippen LogP contribution < -0.4 is 26.2 Å². The third-order valence-corrected chi connectivity index (χ3v) is 22.4. The average Bonchev–Trinajstić information content (AvgIpc) is 1.36. The molecule has 0 saturated carbocycles. The van der Waals surface area contributed by atoms with Crippen molar-refractivity contribution in [1.82, 2.24) is 9.13 Å². The van der Waals surface area contributed by atoms with E-state index in [1.807, 2.05) is 0 Å². The van der Waals surface area contributed by atoms with Crippen molar-refractivity contribution in [1.29, 1.82) is 0 Å². The minimum absolute atomic E-state index is 0.0189. The van der Waals surface area contributed by atoms with E-state index < -0.39 is 0 Å². The van der Waals surface area contributed by atoms with Gasteiger partial charge in [-0.1, -0.05) is 252 Å². The van der Waals surface area contributed by atoms with Crippen molar-refractivity contribution in [2.75, 3.05) is 9.80 Å². The Balaban J connectivity index is 0.918. The van der Waals surface area contributed by atoms with Gasteiger partial charge in [0.25, 0.3) is 6.71 Å². The van der Waals surface area contributed by atoms with Crippen molar-refractivity contribution in [2.45, 2.75) is 116 Å². The summed E-state index contributed by atoms with van der Waals surface area (Å²) in [6.45, 7) is 26.1. The first-order valence-electron chi connectivity index (χ1n) is 34.3. The first-order valence-corrected chi connectivity index (χ1v) is 34.3. The zero-order chi connectivity index (χ0) is 64.8. The highest BCUT2D eigenvalue weighted by molar-refractivity contribution is 7.00. The van der Waals surface area contributed by atoms with Crippen molar-refractivity contribution >= 4 is 101 Å². The summed E-state index contributed by atoms with van der Waals surface area (Å²) in [4.78, 5) is 5.22. The standard InChI is InChI=1S/C90H79BN4/c1-86(2,3)62-22-20-21-58(47-62)61-37-46-81-76(50-61)91-75-45-42-65(94-77-27-16-12-23-67(77)68-24-13-17-28-78(68)94)51-82(75)93(64-40-33-57(34-41-64)60-36-44-72-74(49-60)90(10,11)55-88(72,6)7)84-53-66(95-79-29-18-14-25-69(79)70-26-15-19-30-80(70)95)52-83(85(84)91)92(81)63-38-31-56(32-39-63)59-35-43-71-73(48-59)89(8,9)54-87(71,4)5/h12-53H,54-55H2,1-11H3. The Kier molecular flexibility index (Phi) is 12.2. The summed E-state index contributed by atoms with van der Waals surface area (Å²) in [5.74, 6) is 0. The molecular weight excluding hydrogens is 1150 g/mol. The normalized spacial score (nSPS) is 16.1. The first-order chi connectivity index (χ1) is 45.7. The average molecular weight is 1230 g/mol. The molecule has 0 fully saturated rings. The van der Waals surface area contributed by atoms with Gasteiger partial charge < -0.3 is 18.9 Å². The Labute approximate surface area is 559 Å². The van der Waals surface area contributed by atoms with Gasteiger partial charge in [0.2, 0.25) is 0 Å². The monoisotopic (exact) mass is 1230 g/mol. The van der Waals surface area contributed by atoms with Crippen molar-refractivity contribution in [3.8, 4) is 44.8 Å². The maximum atomic E-state index is 2.62. The Morgan fingerprint density at radius 3 is 1.17 bits per heavy atom. The van der Waals surface area contributed by atoms with Gasteiger partial charge in [0.15, 0.2) is 0 Å². The molecule has 4 nitrogen and oxygen atoms in total. The van der Waals surface area contributed by atoms with Crippen molar-refractivity contribution in [2.24, 2.45) is 0 Å². The third-order valence-electron chi connectivity index (χ3n) is 22.4. The molecule has 462 valence electrons. The predicted molar refractivity (Wildman–Crippen MR) is 405 cm³/mol. The minimum Gasteiger partial charge on any atom is -0.311 e. The molecule has 0 atom stereocenters. The van der Waals surface area contributed by atoms with E-state index in [1.54, 1.807) is 0 Å². The van der Waals surface area contributed by atoms with Gasteiger partial charge in [-0.3, -0.25) is 0 Å². The van der Waals surface area contributed by atoms with E-state index in [2.05, 4.69) is 350 Å². The van der Waals surface area contributed by atoms with Gasteiger partial charge >= 0.3 is 0 Å². The second-order valence-corrected chi connectivity index (χ2v) is 31.6. The van der Waals surface area contributed by atoms with Crippen LogP contribution in [0.15, 0.2) is 255 Å². The lowest BCUT2D eigenvalue weighted by atomic mass is 9.33. The van der Waals surface area contributed by atoms with Crippen molar-refractivity contribution in [3.05, 3.63) is 283 Å². The van der Waals surface area contributed by atoms with Gasteiger partial charge in [-0.05, 0) is 196 Å². The summed E-state index contributed by atoms with van der Waals surface area (Å²) >= 11 is 0. The van der Waals surface area contributed by atoms with Gasteiger partial charge in [0.1, 0.15) is 0 Å². The third kappa shape index (κ3) is 8.73. The van der Waals surface area contributed by atoms with Gasteiger partial charge in [-0.2, -0.15) is 0 Å². The smallest absolute Gasteiger partial charge is 0.252 e. The molecule has 0 bridgehead atoms. The van der Waals surface area contributed by atoms with Crippen molar-refractivity contribution < 1.29 is 0 Å². The largest absolute Gasteiger partial charge is 0.311 e. The SMILES string of the molecule is CC(C)(C)c1cccc(-c2ccc3c(c2)B2c4ccc(-n5c6ccccc6c6ccccc65)cc4N(c4ccc(-c5ccc6c(c5)C(C)(C)CC6(C)C)cc4)c4cc(-n5c6ccccc6c6ccccc65)cc(c42)N3c2ccc(-c3ccc4c(c3)C(C)(C)CC4(C)C)cc2)c1. The Hall–Kier alpha value is -10.1. The van der Waals surface area contributed by atoms with Gasteiger partial charge in [-0.15, -0.1) is 0 Å². The first kappa shape index (κ1) is 57.6. The Bertz CT molecular complexity index is 5440. The number of nitrogens with zero attached hydrogens (tertiary/aromatic N) is 4. The summed E-state index contributed by atoms with van der Waals surface area (Å²) in [5.41, 5.74) is 32.6. The number of aromatic nitrogens is 2. The molecule has 0 N–H and O–H groups in total. The summed E-state index contributed by atoms with van der Waals surface area (Å²) < 4.78 is 5.01. The predicted octanol–water partition coefficient (Wildman–Crippen LogP) is 22.2. The van der Waals surface area contributed by atoms with Crippen LogP contribution in [0.5, 0.6) is 0 Å². The molecule has 0 spiro atoms. The van der Waals surface area contributed by atoms with E-state index in [4.69, 9.17) is 0 Å². The summed E-state index contributed by atoms with van der Waals surface area (Å²) in [6, 6.07) is 98.4. The quantitative estimate of drug-likeness (QED) is 0.148. The van der Waals surface area contributed by atoms with Gasteiger partial charge in [0, 0.05) is 61.4 Å². The fourth-order valence-electron chi connectivity index (χ4n) is 18.5. The maximum Gasteiger partial charge on any atom is 0.252 e. The van der Waals surface area contributed by atoms with Crippen molar-refractivity contribution in [3.63, 3.8) is 0 Å². The highest BCUT2D eigenvalue weighted by Crippen LogP contribution is 2.54. The molecule has 0 amide bonds. The minimum atomic E-state index is -0.153. The number of para-hydroxylation sites is 4. The van der Waals surface area contributed by atoms with E-state index in [9.17, 15) is 0 Å². The van der Waals surface area contributed by atoms with Crippen LogP contribution in [-0.4, -0.2) is 15.8 Å². The molecule has 14 aromatic rings. The molecule has 4 aliphatic rings. The summed E-state index contributed by atoms with van der Waals surface area (Å²) in [5, 5.41) is 4.96. The molecular formula is C90H79BN4. The number of fused-ring (bicyclic) bond motifs is 12. The molecule has 4 heterocycles. The van der Waals surface area contributed by atoms with Crippen LogP contribution >= 0.6 is 0 Å². The highest BCUT2D eigenvalue weighted by Gasteiger charge is 2.46. The second kappa shape index (κ2) is 20.2. The number of benzene rings is 12. The topological polar surface area (TPSA) is 16.3 Å². The molecule has 0 unspecified atom stereocenters. The lowest BCUT2D eigenvalue weighted by Crippen LogP contribution is -2.61. The van der Waals surface area contributed by atoms with Crippen LogP contribution in [0.4, 0.5) is 34.1 Å². The van der Waals surface area contributed by atoms with E-state index in [0.29, 0.717) is 0 Å². The molecule has 5 heteroatoms. The number of hydrogen-bond donors (Lipinski definition) is 0. The van der Waals surface area contributed by atoms with Gasteiger partial charge in [0.05, 0.1) is 27.8 Å². The van der Waals surface area contributed by atoms with E-state index in [1.165, 1.54) is 127 Å². The second-order valence-electron chi connectivity index (χ2n) is 31.6. The lowest BCUT2D eigenvalue weighted by Gasteiger charge is -2.44. The molecule has 2 aliphatic heterocycles. The molecule has 95 heavy (non-hydrogen) atoms. The zero-order valence-corrected chi connectivity index (χ0v) is 56.5. The molecule has 0 radical (unpaired) electrons. The van der Waals surface area contributed by atoms with E-state index >= 15 is 0 Å². The number of hydrogen-bond acceptors (Lipinski definition) is 2. The Morgan fingerprint density at radius 1 is 0.295 bits per heavy atom. The summed E-state index contributed by atoms with van der Waals surface area (Å²) in [6.07, 6.45) is 2.27. The van der Waals surface area contributed by atoms with Crippen LogP contribution in [0, 0.1) is 0 Å². The van der Waals surface area contributed by atoms with Crippen LogP contribution in [0.25, 0.3) is 88.4 Å². The molecule has 2 aromatic heterocycles. The van der Waals surface area contributed by atoms with Crippen LogP contribution in [0.3, 0.4) is 0 Å². The fraction of sp³-hybridized carbons (Fsp3) is 0.200. The number of anilines is 6. The molecule has 12 aromatic carbocycles. The molecule has 18 rings (SSSR count). The highest BCUT2D eigenvalue weighted by atomic mass is 15.2. The van der Waals surface area contributed by atoms with E-state index in [0.717, 1.165) is 52.7 Å². The fourth-order valence-corrected chi connectivity index (χ4v) is 18.5. The van der Waals surface area contributed by atoms with Crippen LogP contribution in [-0.2, 0) is 27.1 Å².